The zero-order valence-corrected chi connectivity index (χ0v) is 13.0. The lowest BCUT2D eigenvalue weighted by Crippen LogP contribution is -2.33. The van der Waals surface area contributed by atoms with Gasteiger partial charge in [-0.2, -0.15) is 0 Å². The molecule has 1 aliphatic heterocycles. The number of nitrogens with zero attached hydrogens (tertiary/aromatic N) is 2. The molecule has 116 valence electrons. The summed E-state index contributed by atoms with van der Waals surface area (Å²) in [5, 5.41) is 3.69. The van der Waals surface area contributed by atoms with E-state index in [-0.39, 0.29) is 6.79 Å². The predicted molar refractivity (Wildman–Crippen MR) is 91.1 cm³/mol. The van der Waals surface area contributed by atoms with Crippen molar-refractivity contribution in [2.75, 3.05) is 12.2 Å². The van der Waals surface area contributed by atoms with Crippen LogP contribution in [0.15, 0.2) is 48.8 Å². The molecule has 2 heterocycles. The summed E-state index contributed by atoms with van der Waals surface area (Å²) in [5.41, 5.74) is 6.06. The van der Waals surface area contributed by atoms with E-state index < -0.39 is 0 Å². The monoisotopic (exact) mass is 326 g/mol. The van der Waals surface area contributed by atoms with Crippen LogP contribution in [-0.2, 0) is 6.54 Å². The molecule has 1 aliphatic rings. The number of fused-ring (bicyclic) bond motifs is 2. The van der Waals surface area contributed by atoms with Gasteiger partial charge in [-0.25, -0.2) is 9.66 Å². The number of hydrogen-bond donors (Lipinski definition) is 2. The fraction of sp³-hybridized carbons (Fsp3) is 0.125. The van der Waals surface area contributed by atoms with Crippen LogP contribution in [0.4, 0.5) is 0 Å². The Morgan fingerprint density at radius 2 is 2.04 bits per heavy atom. The van der Waals surface area contributed by atoms with Crippen LogP contribution < -0.4 is 20.2 Å². The van der Waals surface area contributed by atoms with Crippen molar-refractivity contribution in [3.63, 3.8) is 0 Å². The Labute approximate surface area is 138 Å². The smallest absolute Gasteiger partial charge is 0.231 e. The average Bonchev–Trinajstić information content (AvgIpc) is 3.20. The normalized spacial score (nSPS) is 12.3. The van der Waals surface area contributed by atoms with Gasteiger partial charge in [-0.3, -0.25) is 5.43 Å². The van der Waals surface area contributed by atoms with Crippen molar-refractivity contribution in [2.24, 2.45) is 0 Å². The van der Waals surface area contributed by atoms with Gasteiger partial charge in [-0.1, -0.05) is 18.2 Å². The standard InChI is InChI=1S/C16H14N4O2S/c23-16(19-20-9-18-12-3-1-2-4-13(12)20)17-8-11-5-6-14-15(7-11)22-10-21-14/h1-7,9H,8,10H2,(H2,17,19,23). The average molecular weight is 326 g/mol. The van der Waals surface area contributed by atoms with Crippen LogP contribution in [0.25, 0.3) is 11.0 Å². The van der Waals surface area contributed by atoms with Gasteiger partial charge >= 0.3 is 0 Å². The zero-order chi connectivity index (χ0) is 15.6. The molecule has 23 heavy (non-hydrogen) atoms. The van der Waals surface area contributed by atoms with E-state index in [1.807, 2.05) is 42.5 Å². The highest BCUT2D eigenvalue weighted by molar-refractivity contribution is 7.80. The predicted octanol–water partition coefficient (Wildman–Crippen LogP) is 2.38. The SMILES string of the molecule is S=C(NCc1ccc2c(c1)OCO2)Nn1cnc2ccccc21. The van der Waals surface area contributed by atoms with Crippen molar-refractivity contribution < 1.29 is 9.47 Å². The Hall–Kier alpha value is -2.80. The lowest BCUT2D eigenvalue weighted by molar-refractivity contribution is 0.174. The zero-order valence-electron chi connectivity index (χ0n) is 12.2. The fourth-order valence-electron chi connectivity index (χ4n) is 2.43. The third-order valence-corrected chi connectivity index (χ3v) is 3.80. The summed E-state index contributed by atoms with van der Waals surface area (Å²) in [7, 11) is 0. The Bertz CT molecular complexity index is 877. The molecule has 0 aliphatic carbocycles. The van der Waals surface area contributed by atoms with Crippen molar-refractivity contribution in [3.8, 4) is 11.5 Å². The van der Waals surface area contributed by atoms with Gasteiger partial charge in [-0.15, -0.1) is 0 Å². The van der Waals surface area contributed by atoms with E-state index >= 15 is 0 Å². The van der Waals surface area contributed by atoms with Gasteiger partial charge in [0.1, 0.15) is 6.33 Å². The summed E-state index contributed by atoms with van der Waals surface area (Å²) in [6.07, 6.45) is 1.71. The number of thiocarbonyl (C=S) groups is 1. The number of nitrogens with one attached hydrogen (secondary N) is 2. The van der Waals surface area contributed by atoms with E-state index in [0.717, 1.165) is 28.1 Å². The fourth-order valence-corrected chi connectivity index (χ4v) is 2.60. The maximum Gasteiger partial charge on any atom is 0.231 e. The van der Waals surface area contributed by atoms with Gasteiger partial charge in [0.05, 0.1) is 11.0 Å². The number of hydrogen-bond acceptors (Lipinski definition) is 4. The Morgan fingerprint density at radius 3 is 3.00 bits per heavy atom. The van der Waals surface area contributed by atoms with Crippen molar-refractivity contribution >= 4 is 28.4 Å². The minimum atomic E-state index is 0.278. The Balaban J connectivity index is 1.40. The number of rotatable bonds is 3. The van der Waals surface area contributed by atoms with E-state index in [4.69, 9.17) is 21.7 Å². The van der Waals surface area contributed by atoms with Gasteiger partial charge < -0.3 is 14.8 Å². The van der Waals surface area contributed by atoms with Crippen LogP contribution in [0, 0.1) is 0 Å². The van der Waals surface area contributed by atoms with Crippen molar-refractivity contribution in [1.29, 1.82) is 0 Å². The van der Waals surface area contributed by atoms with Crippen LogP contribution in [0.3, 0.4) is 0 Å². The van der Waals surface area contributed by atoms with E-state index in [2.05, 4.69) is 15.7 Å². The number of aromatic nitrogens is 2. The summed E-state index contributed by atoms with van der Waals surface area (Å²) in [4.78, 5) is 4.31. The van der Waals surface area contributed by atoms with E-state index in [9.17, 15) is 0 Å². The molecule has 0 fully saturated rings. The number of para-hydroxylation sites is 2. The largest absolute Gasteiger partial charge is 0.454 e. The molecule has 0 saturated heterocycles. The van der Waals surface area contributed by atoms with Crippen LogP contribution in [-0.4, -0.2) is 21.6 Å². The first-order valence-corrected chi connectivity index (χ1v) is 7.56. The third kappa shape index (κ3) is 2.78. The lowest BCUT2D eigenvalue weighted by atomic mass is 10.2. The molecule has 0 unspecified atom stereocenters. The van der Waals surface area contributed by atoms with Crippen LogP contribution in [0.2, 0.25) is 0 Å². The highest BCUT2D eigenvalue weighted by Gasteiger charge is 2.13. The molecule has 0 amide bonds. The van der Waals surface area contributed by atoms with E-state index in [1.165, 1.54) is 0 Å². The minimum Gasteiger partial charge on any atom is -0.454 e. The summed E-state index contributed by atoms with van der Waals surface area (Å²) in [6.45, 7) is 0.870. The first kappa shape index (κ1) is 13.8. The topological polar surface area (TPSA) is 60.3 Å². The van der Waals surface area contributed by atoms with Crippen LogP contribution in [0.1, 0.15) is 5.56 Å². The first-order valence-electron chi connectivity index (χ1n) is 7.15. The molecule has 0 atom stereocenters. The third-order valence-electron chi connectivity index (χ3n) is 3.57. The lowest BCUT2D eigenvalue weighted by Gasteiger charge is -2.12. The Kier molecular flexibility index (Phi) is 3.47. The van der Waals surface area contributed by atoms with E-state index in [0.29, 0.717) is 11.7 Å². The van der Waals surface area contributed by atoms with Gasteiger partial charge in [0, 0.05) is 6.54 Å². The second kappa shape index (κ2) is 5.77. The number of benzene rings is 2. The molecule has 3 aromatic rings. The second-order valence-corrected chi connectivity index (χ2v) is 5.49. The molecule has 6 nitrogen and oxygen atoms in total. The maximum absolute atomic E-state index is 5.37. The quantitative estimate of drug-likeness (QED) is 0.721. The molecule has 1 aromatic heterocycles. The molecule has 2 aromatic carbocycles. The first-order chi connectivity index (χ1) is 11.3. The maximum atomic E-state index is 5.37. The van der Waals surface area contributed by atoms with Crippen LogP contribution in [0.5, 0.6) is 11.5 Å². The molecule has 7 heteroatoms. The molecule has 0 saturated carbocycles. The Morgan fingerprint density at radius 1 is 1.17 bits per heavy atom. The van der Waals surface area contributed by atoms with Gasteiger partial charge in [0.15, 0.2) is 16.6 Å². The minimum absolute atomic E-state index is 0.278. The summed E-state index contributed by atoms with van der Waals surface area (Å²) in [6, 6.07) is 13.7. The number of ether oxygens (including phenoxy) is 2. The summed E-state index contributed by atoms with van der Waals surface area (Å²) in [5.74, 6) is 1.54. The van der Waals surface area contributed by atoms with Gasteiger partial charge in [0.2, 0.25) is 6.79 Å². The van der Waals surface area contributed by atoms with Crippen LogP contribution >= 0.6 is 12.2 Å². The second-order valence-electron chi connectivity index (χ2n) is 5.09. The van der Waals surface area contributed by atoms with Crippen molar-refractivity contribution in [2.45, 2.75) is 6.54 Å². The molecule has 4 rings (SSSR count). The molecule has 0 bridgehead atoms. The number of imidazole rings is 1. The highest BCUT2D eigenvalue weighted by atomic mass is 32.1. The van der Waals surface area contributed by atoms with Gasteiger partial charge in [-0.05, 0) is 42.0 Å². The molecule has 2 N–H and O–H groups in total. The summed E-state index contributed by atoms with van der Waals surface area (Å²) >= 11 is 5.34. The molecular formula is C16H14N4O2S. The van der Waals surface area contributed by atoms with Gasteiger partial charge in [0.25, 0.3) is 0 Å². The highest BCUT2D eigenvalue weighted by Crippen LogP contribution is 2.32. The van der Waals surface area contributed by atoms with Crippen molar-refractivity contribution in [3.05, 3.63) is 54.4 Å². The van der Waals surface area contributed by atoms with E-state index in [1.54, 1.807) is 11.0 Å². The molecular weight excluding hydrogens is 312 g/mol. The molecule has 0 radical (unpaired) electrons. The summed E-state index contributed by atoms with van der Waals surface area (Å²) < 4.78 is 12.5. The molecule has 0 spiro atoms. The van der Waals surface area contributed by atoms with Crippen molar-refractivity contribution in [1.82, 2.24) is 15.0 Å².